The molecule has 0 unspecified atom stereocenters. The summed E-state index contributed by atoms with van der Waals surface area (Å²) in [5.41, 5.74) is 1.63. The Balaban J connectivity index is 1.69. The smallest absolute Gasteiger partial charge is 0.409 e. The highest BCUT2D eigenvalue weighted by Gasteiger charge is 2.26. The van der Waals surface area contributed by atoms with Crippen LogP contribution in [0.5, 0.6) is 0 Å². The Morgan fingerprint density at radius 2 is 2.41 bits per heavy atom. The van der Waals surface area contributed by atoms with Crippen molar-refractivity contribution in [2.75, 3.05) is 20.2 Å². The molecule has 0 bridgehead atoms. The number of hydrogen-bond acceptors (Lipinski definition) is 4. The van der Waals surface area contributed by atoms with E-state index in [2.05, 4.69) is 10.3 Å². The number of carbonyl (C=O) groups is 1. The Morgan fingerprint density at radius 3 is 3.23 bits per heavy atom. The summed E-state index contributed by atoms with van der Waals surface area (Å²) in [5, 5.41) is 4.16. The lowest BCUT2D eigenvalue weighted by atomic mass is 10.1. The Kier molecular flexibility index (Phi) is 4.20. The highest BCUT2D eigenvalue weighted by Crippen LogP contribution is 2.19. The van der Waals surface area contributed by atoms with Crippen LogP contribution in [0.25, 0.3) is 10.9 Å². The van der Waals surface area contributed by atoms with E-state index >= 15 is 0 Å². The molecular formula is C16H18FN3O2. The van der Waals surface area contributed by atoms with Gasteiger partial charge in [-0.15, -0.1) is 0 Å². The number of hydrogen-bond donors (Lipinski definition) is 1. The number of nitrogens with one attached hydrogen (secondary N) is 1. The number of carbonyl (C=O) groups excluding carboxylic acids is 1. The fourth-order valence-corrected chi connectivity index (χ4v) is 2.84. The van der Waals surface area contributed by atoms with Crippen molar-refractivity contribution < 1.29 is 13.9 Å². The molecule has 0 radical (unpaired) electrons. The van der Waals surface area contributed by atoms with Crippen LogP contribution in [0.1, 0.15) is 12.0 Å². The molecule has 22 heavy (non-hydrogen) atoms. The number of likely N-dealkylation sites (tertiary alicyclic amines) is 1. The van der Waals surface area contributed by atoms with Crippen LogP contribution >= 0.6 is 0 Å². The van der Waals surface area contributed by atoms with Crippen LogP contribution in [0, 0.1) is 5.82 Å². The number of methoxy groups -OCH3 is 1. The van der Waals surface area contributed by atoms with Gasteiger partial charge in [-0.05, 0) is 30.2 Å². The van der Waals surface area contributed by atoms with E-state index in [0.717, 1.165) is 22.9 Å². The van der Waals surface area contributed by atoms with E-state index in [1.165, 1.54) is 19.2 Å². The molecule has 0 aliphatic carbocycles. The summed E-state index contributed by atoms with van der Waals surface area (Å²) in [6.45, 7) is 1.80. The van der Waals surface area contributed by atoms with E-state index in [4.69, 9.17) is 4.74 Å². The molecule has 2 heterocycles. The van der Waals surface area contributed by atoms with E-state index in [1.54, 1.807) is 17.2 Å². The summed E-state index contributed by atoms with van der Waals surface area (Å²) in [4.78, 5) is 17.5. The molecule has 1 fully saturated rings. The highest BCUT2D eigenvalue weighted by molar-refractivity contribution is 5.81. The minimum atomic E-state index is -0.304. The average molecular weight is 303 g/mol. The SMILES string of the molecule is COC(=O)N1CC[C@H](NCc2cc(F)cc3cccnc23)C1. The van der Waals surface area contributed by atoms with Crippen LogP contribution in [-0.2, 0) is 11.3 Å². The fraction of sp³-hybridized carbons (Fsp3) is 0.375. The molecule has 0 saturated carbocycles. The zero-order valence-electron chi connectivity index (χ0n) is 12.4. The molecule has 5 nitrogen and oxygen atoms in total. The van der Waals surface area contributed by atoms with Gasteiger partial charge in [-0.1, -0.05) is 6.07 Å². The Labute approximate surface area is 128 Å². The Bertz CT molecular complexity index is 692. The third kappa shape index (κ3) is 3.01. The van der Waals surface area contributed by atoms with Gasteiger partial charge in [0.05, 0.1) is 12.6 Å². The van der Waals surface area contributed by atoms with Crippen LogP contribution < -0.4 is 5.32 Å². The molecule has 116 valence electrons. The van der Waals surface area contributed by atoms with Crippen molar-refractivity contribution in [1.82, 2.24) is 15.2 Å². The van der Waals surface area contributed by atoms with Crippen LogP contribution in [0.3, 0.4) is 0 Å². The van der Waals surface area contributed by atoms with Crippen molar-refractivity contribution in [1.29, 1.82) is 0 Å². The van der Waals surface area contributed by atoms with Crippen LogP contribution in [0.15, 0.2) is 30.5 Å². The maximum atomic E-state index is 13.7. The second-order valence-corrected chi connectivity index (χ2v) is 5.42. The summed E-state index contributed by atoms with van der Waals surface area (Å²) in [6, 6.07) is 6.82. The van der Waals surface area contributed by atoms with E-state index < -0.39 is 0 Å². The standard InChI is InChI=1S/C16H18FN3O2/c1-22-16(21)20-6-4-14(10-20)19-9-12-8-13(17)7-11-3-2-5-18-15(11)12/h2-3,5,7-8,14,19H,4,6,9-10H2,1H3/t14-/m0/s1. The van der Waals surface area contributed by atoms with Gasteiger partial charge >= 0.3 is 6.09 Å². The maximum Gasteiger partial charge on any atom is 0.409 e. The lowest BCUT2D eigenvalue weighted by Crippen LogP contribution is -2.34. The predicted octanol–water partition coefficient (Wildman–Crippen LogP) is 2.30. The molecule has 0 spiro atoms. The minimum Gasteiger partial charge on any atom is -0.453 e. The maximum absolute atomic E-state index is 13.7. The lowest BCUT2D eigenvalue weighted by Gasteiger charge is -2.16. The molecule has 1 N–H and O–H groups in total. The first kappa shape index (κ1) is 14.7. The number of aromatic nitrogens is 1. The number of ether oxygens (including phenoxy) is 1. The molecule has 1 aromatic carbocycles. The zero-order chi connectivity index (χ0) is 15.5. The van der Waals surface area contributed by atoms with Crippen molar-refractivity contribution in [3.8, 4) is 0 Å². The summed E-state index contributed by atoms with van der Waals surface area (Å²) in [7, 11) is 1.38. The minimum absolute atomic E-state index is 0.182. The number of fused-ring (bicyclic) bond motifs is 1. The third-order valence-electron chi connectivity index (χ3n) is 3.95. The second-order valence-electron chi connectivity index (χ2n) is 5.42. The summed E-state index contributed by atoms with van der Waals surface area (Å²) >= 11 is 0. The number of benzene rings is 1. The number of halogens is 1. The topological polar surface area (TPSA) is 54.5 Å². The molecule has 1 amide bonds. The van der Waals surface area contributed by atoms with Crippen LogP contribution in [0.4, 0.5) is 9.18 Å². The molecule has 1 aliphatic heterocycles. The quantitative estimate of drug-likeness (QED) is 0.945. The molecule has 6 heteroatoms. The zero-order valence-corrected chi connectivity index (χ0v) is 12.4. The predicted molar refractivity (Wildman–Crippen MR) is 80.9 cm³/mol. The molecular weight excluding hydrogens is 285 g/mol. The van der Waals surface area contributed by atoms with Crippen molar-refractivity contribution in [2.45, 2.75) is 19.0 Å². The summed E-state index contributed by atoms with van der Waals surface area (Å²) in [6.07, 6.45) is 2.26. The van der Waals surface area contributed by atoms with Gasteiger partial charge in [0.2, 0.25) is 0 Å². The van der Waals surface area contributed by atoms with Gasteiger partial charge in [-0.2, -0.15) is 0 Å². The van der Waals surface area contributed by atoms with Crippen LogP contribution in [0.2, 0.25) is 0 Å². The first-order valence-corrected chi connectivity index (χ1v) is 7.27. The monoisotopic (exact) mass is 303 g/mol. The normalized spacial score (nSPS) is 17.9. The van der Waals surface area contributed by atoms with Crippen molar-refractivity contribution in [3.63, 3.8) is 0 Å². The van der Waals surface area contributed by atoms with E-state index in [1.807, 2.05) is 6.07 Å². The molecule has 1 aromatic heterocycles. The number of rotatable bonds is 3. The fourth-order valence-electron chi connectivity index (χ4n) is 2.84. The second kappa shape index (κ2) is 6.27. The highest BCUT2D eigenvalue weighted by atomic mass is 19.1. The largest absolute Gasteiger partial charge is 0.453 e. The molecule has 3 rings (SSSR count). The van der Waals surface area contributed by atoms with Gasteiger partial charge in [-0.25, -0.2) is 9.18 Å². The van der Waals surface area contributed by atoms with E-state index in [0.29, 0.717) is 19.6 Å². The summed E-state index contributed by atoms with van der Waals surface area (Å²) < 4.78 is 18.4. The first-order valence-electron chi connectivity index (χ1n) is 7.27. The van der Waals surface area contributed by atoms with Gasteiger partial charge in [0.25, 0.3) is 0 Å². The Hall–Kier alpha value is -2.21. The van der Waals surface area contributed by atoms with Gasteiger partial charge in [-0.3, -0.25) is 4.98 Å². The van der Waals surface area contributed by atoms with Crippen molar-refractivity contribution in [3.05, 3.63) is 41.8 Å². The summed E-state index contributed by atoms with van der Waals surface area (Å²) in [5.74, 6) is -0.264. The van der Waals surface area contributed by atoms with E-state index in [9.17, 15) is 9.18 Å². The van der Waals surface area contributed by atoms with Gasteiger partial charge < -0.3 is 15.0 Å². The number of nitrogens with zero attached hydrogens (tertiary/aromatic N) is 2. The van der Waals surface area contributed by atoms with Gasteiger partial charge in [0.15, 0.2) is 0 Å². The van der Waals surface area contributed by atoms with Gasteiger partial charge in [0.1, 0.15) is 5.82 Å². The van der Waals surface area contributed by atoms with Gasteiger partial charge in [0, 0.05) is 37.3 Å². The average Bonchev–Trinajstić information content (AvgIpc) is 3.00. The molecule has 1 aliphatic rings. The Morgan fingerprint density at radius 1 is 1.55 bits per heavy atom. The molecule has 1 saturated heterocycles. The molecule has 2 aromatic rings. The van der Waals surface area contributed by atoms with E-state index in [-0.39, 0.29) is 18.0 Å². The first-order chi connectivity index (χ1) is 10.7. The van der Waals surface area contributed by atoms with Crippen molar-refractivity contribution in [2.24, 2.45) is 0 Å². The van der Waals surface area contributed by atoms with Crippen LogP contribution in [-0.4, -0.2) is 42.2 Å². The number of pyridine rings is 1. The lowest BCUT2D eigenvalue weighted by molar-refractivity contribution is 0.132. The van der Waals surface area contributed by atoms with Crippen molar-refractivity contribution >= 4 is 17.0 Å². The molecule has 1 atom stereocenters. The number of amides is 1. The third-order valence-corrected chi connectivity index (χ3v) is 3.95.